The van der Waals surface area contributed by atoms with Crippen LogP contribution in [0.3, 0.4) is 0 Å². The van der Waals surface area contributed by atoms with Crippen LogP contribution in [0.4, 0.5) is 5.82 Å². The van der Waals surface area contributed by atoms with Gasteiger partial charge in [-0.1, -0.05) is 43.7 Å². The molecule has 2 aromatic heterocycles. The molecule has 8 heteroatoms. The van der Waals surface area contributed by atoms with Gasteiger partial charge in [0, 0.05) is 17.8 Å². The lowest BCUT2D eigenvalue weighted by molar-refractivity contribution is 0.0953. The number of unbranched alkanes of at least 4 members (excludes halogenated alkanes) is 1. The highest BCUT2D eigenvalue weighted by Gasteiger charge is 2.25. The molecular weight excluding hydrogens is 466 g/mol. The Balaban J connectivity index is 1.56. The van der Waals surface area contributed by atoms with E-state index in [0.717, 1.165) is 29.8 Å². The number of carbonyl (C=O) groups is 1. The van der Waals surface area contributed by atoms with Gasteiger partial charge in [0.25, 0.3) is 5.91 Å². The van der Waals surface area contributed by atoms with Crippen molar-refractivity contribution in [3.63, 3.8) is 0 Å². The molecule has 0 spiro atoms. The summed E-state index contributed by atoms with van der Waals surface area (Å²) in [5.74, 6) is 1.41. The maximum atomic E-state index is 13.5. The predicted molar refractivity (Wildman–Crippen MR) is 145 cm³/mol. The molecule has 0 bridgehead atoms. The van der Waals surface area contributed by atoms with E-state index in [9.17, 15) is 4.79 Å². The van der Waals surface area contributed by atoms with Crippen molar-refractivity contribution in [3.05, 3.63) is 83.9 Å². The minimum absolute atomic E-state index is 0.266. The quantitative estimate of drug-likeness (QED) is 0.270. The molecule has 2 heterocycles. The van der Waals surface area contributed by atoms with Crippen LogP contribution < -0.4 is 20.5 Å². The highest BCUT2D eigenvalue weighted by Crippen LogP contribution is 2.32. The molecule has 188 valence electrons. The van der Waals surface area contributed by atoms with Gasteiger partial charge >= 0.3 is 0 Å². The summed E-state index contributed by atoms with van der Waals surface area (Å²) in [4.78, 5) is 23.1. The number of nitrogens with zero attached hydrogens (tertiary/aromatic N) is 3. The van der Waals surface area contributed by atoms with E-state index in [-0.39, 0.29) is 23.8 Å². The van der Waals surface area contributed by atoms with Gasteiger partial charge in [0.05, 0.1) is 24.8 Å². The highest BCUT2D eigenvalue weighted by molar-refractivity contribution is 6.11. The van der Waals surface area contributed by atoms with E-state index in [1.54, 1.807) is 11.7 Å². The molecule has 1 amide bonds. The zero-order valence-electron chi connectivity index (χ0n) is 20.9. The van der Waals surface area contributed by atoms with Gasteiger partial charge in [0.15, 0.2) is 5.65 Å². The summed E-state index contributed by atoms with van der Waals surface area (Å²) in [6.45, 7) is 3.07. The van der Waals surface area contributed by atoms with Crippen LogP contribution in [-0.2, 0) is 6.54 Å². The minimum Gasteiger partial charge on any atom is -0.496 e. The summed E-state index contributed by atoms with van der Waals surface area (Å²) in [5, 5.41) is 2.97. The fourth-order valence-corrected chi connectivity index (χ4v) is 4.29. The number of benzene rings is 3. The van der Waals surface area contributed by atoms with Gasteiger partial charge in [-0.25, -0.2) is 9.97 Å². The molecule has 3 N–H and O–H groups in total. The summed E-state index contributed by atoms with van der Waals surface area (Å²) in [7, 11) is 1.60. The van der Waals surface area contributed by atoms with Crippen molar-refractivity contribution in [2.24, 2.45) is 0 Å². The van der Waals surface area contributed by atoms with E-state index in [4.69, 9.17) is 25.2 Å². The van der Waals surface area contributed by atoms with Gasteiger partial charge in [-0.05, 0) is 48.9 Å². The molecule has 37 heavy (non-hydrogen) atoms. The van der Waals surface area contributed by atoms with Crippen molar-refractivity contribution >= 4 is 33.9 Å². The van der Waals surface area contributed by atoms with Crippen molar-refractivity contribution < 1.29 is 14.3 Å². The maximum absolute atomic E-state index is 13.5. The molecule has 0 saturated heterocycles. The summed E-state index contributed by atoms with van der Waals surface area (Å²) >= 11 is 0. The second-order valence-corrected chi connectivity index (χ2v) is 8.67. The van der Waals surface area contributed by atoms with Gasteiger partial charge in [0.1, 0.15) is 28.4 Å². The Labute approximate surface area is 215 Å². The minimum atomic E-state index is -0.337. The summed E-state index contributed by atoms with van der Waals surface area (Å²) in [5.41, 5.74) is 10.9. The second-order valence-electron chi connectivity index (χ2n) is 8.67. The van der Waals surface area contributed by atoms with E-state index >= 15 is 0 Å². The number of nitrogens with two attached hydrogens (primary N) is 1. The van der Waals surface area contributed by atoms with Gasteiger partial charge in [0.2, 0.25) is 0 Å². The van der Waals surface area contributed by atoms with Crippen molar-refractivity contribution in [3.8, 4) is 17.2 Å². The Bertz CT molecular complexity index is 1560. The Morgan fingerprint density at radius 1 is 0.973 bits per heavy atom. The lowest BCUT2D eigenvalue weighted by Gasteiger charge is -2.11. The van der Waals surface area contributed by atoms with Crippen LogP contribution in [0.25, 0.3) is 27.9 Å². The first-order valence-electron chi connectivity index (χ1n) is 12.3. The van der Waals surface area contributed by atoms with Crippen LogP contribution in [0.1, 0.15) is 35.7 Å². The SMILES string of the molecule is CCCCOc1ccc(-n2c(N)c(C(=O)NCc3ccccc3OC)c3nc4ccccc4nc32)cc1. The van der Waals surface area contributed by atoms with E-state index in [2.05, 4.69) is 12.2 Å². The fraction of sp³-hybridized carbons (Fsp3) is 0.207. The van der Waals surface area contributed by atoms with Gasteiger partial charge in [-0.3, -0.25) is 9.36 Å². The zero-order valence-corrected chi connectivity index (χ0v) is 20.9. The lowest BCUT2D eigenvalue weighted by atomic mass is 10.2. The Morgan fingerprint density at radius 3 is 2.41 bits per heavy atom. The van der Waals surface area contributed by atoms with Crippen molar-refractivity contribution in [2.45, 2.75) is 26.3 Å². The summed E-state index contributed by atoms with van der Waals surface area (Å²) < 4.78 is 13.0. The molecule has 5 rings (SSSR count). The fourth-order valence-electron chi connectivity index (χ4n) is 4.29. The molecule has 0 aliphatic carbocycles. The zero-order chi connectivity index (χ0) is 25.8. The summed E-state index contributed by atoms with van der Waals surface area (Å²) in [6.07, 6.45) is 2.06. The van der Waals surface area contributed by atoms with E-state index in [0.29, 0.717) is 34.6 Å². The van der Waals surface area contributed by atoms with Crippen molar-refractivity contribution in [1.29, 1.82) is 0 Å². The number of nitrogens with one attached hydrogen (secondary N) is 1. The van der Waals surface area contributed by atoms with Gasteiger partial charge in [-0.2, -0.15) is 0 Å². The molecule has 0 radical (unpaired) electrons. The number of nitrogen functional groups attached to an aromatic ring is 1. The van der Waals surface area contributed by atoms with Crippen LogP contribution >= 0.6 is 0 Å². The number of ether oxygens (including phenoxy) is 2. The van der Waals surface area contributed by atoms with Crippen LogP contribution in [0.15, 0.2) is 72.8 Å². The lowest BCUT2D eigenvalue weighted by Crippen LogP contribution is -2.24. The topological polar surface area (TPSA) is 104 Å². The number of amides is 1. The number of rotatable bonds is 9. The van der Waals surface area contributed by atoms with Crippen LogP contribution in [0.5, 0.6) is 11.5 Å². The Kier molecular flexibility index (Phi) is 6.89. The van der Waals surface area contributed by atoms with E-state index in [1.165, 1.54) is 0 Å². The molecule has 3 aromatic carbocycles. The molecule has 0 aliphatic heterocycles. The third-order valence-corrected chi connectivity index (χ3v) is 6.22. The first kappa shape index (κ1) is 24.1. The average Bonchev–Trinajstić information content (AvgIpc) is 3.21. The number of fused-ring (bicyclic) bond motifs is 2. The number of anilines is 1. The number of hydrogen-bond acceptors (Lipinski definition) is 6. The van der Waals surface area contributed by atoms with E-state index < -0.39 is 0 Å². The molecule has 0 saturated carbocycles. The van der Waals surface area contributed by atoms with Gasteiger partial charge < -0.3 is 20.5 Å². The normalized spacial score (nSPS) is 11.1. The number of methoxy groups -OCH3 is 1. The number of aromatic nitrogens is 3. The molecule has 5 aromatic rings. The van der Waals surface area contributed by atoms with Gasteiger partial charge in [-0.15, -0.1) is 0 Å². The third-order valence-electron chi connectivity index (χ3n) is 6.22. The average molecular weight is 496 g/mol. The number of para-hydroxylation sites is 3. The molecule has 0 fully saturated rings. The first-order valence-corrected chi connectivity index (χ1v) is 12.3. The molecule has 0 aliphatic rings. The number of hydrogen-bond donors (Lipinski definition) is 2. The second kappa shape index (κ2) is 10.6. The first-order chi connectivity index (χ1) is 18.1. The van der Waals surface area contributed by atoms with Crippen molar-refractivity contribution in [2.75, 3.05) is 19.5 Å². The molecular formula is C29H29N5O3. The van der Waals surface area contributed by atoms with Crippen LogP contribution in [0, 0.1) is 0 Å². The molecule has 0 unspecified atom stereocenters. The Hall–Kier alpha value is -4.59. The maximum Gasteiger partial charge on any atom is 0.257 e. The van der Waals surface area contributed by atoms with Crippen LogP contribution in [-0.4, -0.2) is 34.2 Å². The van der Waals surface area contributed by atoms with Crippen LogP contribution in [0.2, 0.25) is 0 Å². The standard InChI is InChI=1S/C29H29N5O3/c1-3-4-17-37-21-15-13-20(14-16-21)34-27(30)25(26-28(34)33-23-11-7-6-10-22(23)32-26)29(35)31-18-19-9-5-8-12-24(19)36-2/h5-16H,3-4,17-18,30H2,1-2H3,(H,31,35). The summed E-state index contributed by atoms with van der Waals surface area (Å²) in [6, 6.07) is 22.7. The largest absolute Gasteiger partial charge is 0.496 e. The Morgan fingerprint density at radius 2 is 1.68 bits per heavy atom. The smallest absolute Gasteiger partial charge is 0.257 e. The number of carbonyl (C=O) groups excluding carboxylic acids is 1. The molecule has 8 nitrogen and oxygen atoms in total. The highest BCUT2D eigenvalue weighted by atomic mass is 16.5. The van der Waals surface area contributed by atoms with Crippen molar-refractivity contribution in [1.82, 2.24) is 19.9 Å². The predicted octanol–water partition coefficient (Wildman–Crippen LogP) is 5.27. The molecule has 0 atom stereocenters. The van der Waals surface area contributed by atoms with E-state index in [1.807, 2.05) is 72.8 Å². The third kappa shape index (κ3) is 4.78. The monoisotopic (exact) mass is 495 g/mol.